The van der Waals surface area contributed by atoms with Crippen LogP contribution in [-0.4, -0.2) is 47.2 Å². The van der Waals surface area contributed by atoms with Crippen molar-refractivity contribution < 1.29 is 0 Å². The predicted molar refractivity (Wildman–Crippen MR) is 105 cm³/mol. The molecule has 2 unspecified atom stereocenters. The summed E-state index contributed by atoms with van der Waals surface area (Å²) < 4.78 is 0. The largest absolute Gasteiger partial charge is 0.369 e. The number of nitrogens with one attached hydrogen (secondary N) is 1. The lowest BCUT2D eigenvalue weighted by molar-refractivity contribution is 0.226. The zero-order chi connectivity index (χ0) is 17.4. The fourth-order valence-corrected chi connectivity index (χ4v) is 4.75. The molecule has 0 aromatic heterocycles. The van der Waals surface area contributed by atoms with Crippen molar-refractivity contribution in [1.29, 1.82) is 0 Å². The molecule has 2 aliphatic carbocycles. The number of hydrogen-bond donors (Lipinski definition) is 1. The van der Waals surface area contributed by atoms with Gasteiger partial charge in [-0.1, -0.05) is 26.2 Å². The van der Waals surface area contributed by atoms with Crippen LogP contribution in [0.5, 0.6) is 0 Å². The minimum atomic E-state index is -0.136. The van der Waals surface area contributed by atoms with Gasteiger partial charge < -0.3 is 10.2 Å². The van der Waals surface area contributed by atoms with E-state index in [9.17, 15) is 0 Å². The Balaban J connectivity index is 1.43. The van der Waals surface area contributed by atoms with E-state index in [4.69, 9.17) is 11.6 Å². The van der Waals surface area contributed by atoms with Crippen molar-refractivity contribution in [2.24, 2.45) is 32.7 Å². The van der Waals surface area contributed by atoms with E-state index >= 15 is 0 Å². The van der Waals surface area contributed by atoms with Gasteiger partial charge in [-0.05, 0) is 62.0 Å². The predicted octanol–water partition coefficient (Wildman–Crippen LogP) is 3.64. The maximum Gasteiger partial charge on any atom is 0.221 e. The summed E-state index contributed by atoms with van der Waals surface area (Å²) in [7, 11) is 0. The topological polar surface area (TPSA) is 52.4 Å². The number of amidine groups is 2. The molecule has 2 saturated carbocycles. The highest BCUT2D eigenvalue weighted by molar-refractivity contribution is 6.65. The quantitative estimate of drug-likeness (QED) is 0.775. The van der Waals surface area contributed by atoms with E-state index in [1.807, 2.05) is 6.34 Å². The zero-order valence-corrected chi connectivity index (χ0v) is 16.1. The van der Waals surface area contributed by atoms with Crippen LogP contribution in [0.15, 0.2) is 15.0 Å². The van der Waals surface area contributed by atoms with Crippen LogP contribution in [0.3, 0.4) is 0 Å². The zero-order valence-electron chi connectivity index (χ0n) is 15.4. The lowest BCUT2D eigenvalue weighted by Gasteiger charge is -2.38. The molecule has 0 bridgehead atoms. The second-order valence-electron chi connectivity index (χ2n) is 8.46. The Hall–Kier alpha value is -1.10. The van der Waals surface area contributed by atoms with E-state index in [0.29, 0.717) is 11.3 Å². The Bertz CT molecular complexity index is 574. The van der Waals surface area contributed by atoms with Crippen LogP contribution in [0, 0.1) is 17.8 Å². The number of halogens is 1. The van der Waals surface area contributed by atoms with Crippen molar-refractivity contribution in [3.05, 3.63) is 0 Å². The molecule has 3 atom stereocenters. The van der Waals surface area contributed by atoms with Crippen molar-refractivity contribution in [2.75, 3.05) is 6.54 Å². The van der Waals surface area contributed by atoms with E-state index in [1.165, 1.54) is 44.9 Å². The second-order valence-corrected chi connectivity index (χ2v) is 8.80. The van der Waals surface area contributed by atoms with Crippen molar-refractivity contribution in [3.63, 3.8) is 0 Å². The van der Waals surface area contributed by atoms with Gasteiger partial charge in [0.25, 0.3) is 0 Å². The van der Waals surface area contributed by atoms with Gasteiger partial charge in [-0.3, -0.25) is 0 Å². The maximum atomic E-state index is 6.17. The molecule has 0 spiro atoms. The Labute approximate surface area is 156 Å². The Morgan fingerprint density at radius 1 is 1.24 bits per heavy atom. The van der Waals surface area contributed by atoms with E-state index in [0.717, 1.165) is 30.1 Å². The first-order chi connectivity index (χ1) is 12.1. The number of rotatable bonds is 4. The lowest BCUT2D eigenvalue weighted by Crippen LogP contribution is -2.54. The molecule has 0 amide bonds. The summed E-state index contributed by atoms with van der Waals surface area (Å²) in [6.07, 6.45) is 11.2. The highest BCUT2D eigenvalue weighted by Gasteiger charge is 2.40. The first kappa shape index (κ1) is 17.3. The van der Waals surface area contributed by atoms with Gasteiger partial charge in [-0.2, -0.15) is 0 Å². The summed E-state index contributed by atoms with van der Waals surface area (Å²) >= 11 is 6.17. The summed E-state index contributed by atoms with van der Waals surface area (Å²) in [5.74, 6) is 3.37. The van der Waals surface area contributed by atoms with Gasteiger partial charge in [-0.25, -0.2) is 15.0 Å². The van der Waals surface area contributed by atoms with Crippen molar-refractivity contribution >= 4 is 29.1 Å². The molecule has 2 fully saturated rings. The molecule has 4 aliphatic rings. The first-order valence-corrected chi connectivity index (χ1v) is 10.4. The van der Waals surface area contributed by atoms with E-state index in [2.05, 4.69) is 39.0 Å². The Kier molecular flexibility index (Phi) is 5.03. The van der Waals surface area contributed by atoms with E-state index in [-0.39, 0.29) is 12.2 Å². The van der Waals surface area contributed by atoms with Gasteiger partial charge in [0.1, 0.15) is 11.9 Å². The van der Waals surface area contributed by atoms with Gasteiger partial charge >= 0.3 is 0 Å². The minimum absolute atomic E-state index is 0.101. The summed E-state index contributed by atoms with van der Waals surface area (Å²) in [6.45, 7) is 5.70. The second kappa shape index (κ2) is 7.26. The molecular formula is C19H30ClN5. The van der Waals surface area contributed by atoms with Crippen LogP contribution in [0.2, 0.25) is 0 Å². The SMILES string of the molecule is CC1CCC(CN2C=NC3N=C(Cl)N=C(N[C@H](C)C4CCC4)C32)CC1. The molecule has 1 N–H and O–H groups in total. The highest BCUT2D eigenvalue weighted by Crippen LogP contribution is 2.32. The highest BCUT2D eigenvalue weighted by atomic mass is 35.5. The van der Waals surface area contributed by atoms with Crippen molar-refractivity contribution in [1.82, 2.24) is 10.2 Å². The molecule has 138 valence electrons. The minimum Gasteiger partial charge on any atom is -0.369 e. The Morgan fingerprint density at radius 3 is 2.68 bits per heavy atom. The van der Waals surface area contributed by atoms with Gasteiger partial charge in [0, 0.05) is 12.6 Å². The third-order valence-electron chi connectivity index (χ3n) is 6.58. The molecular weight excluding hydrogens is 334 g/mol. The van der Waals surface area contributed by atoms with Gasteiger partial charge in [0.2, 0.25) is 5.29 Å². The van der Waals surface area contributed by atoms with Crippen LogP contribution in [0.1, 0.15) is 58.8 Å². The summed E-state index contributed by atoms with van der Waals surface area (Å²) in [6, 6.07) is 0.540. The van der Waals surface area contributed by atoms with Crippen LogP contribution < -0.4 is 5.32 Å². The molecule has 0 aromatic rings. The van der Waals surface area contributed by atoms with Crippen molar-refractivity contribution in [2.45, 2.75) is 77.0 Å². The van der Waals surface area contributed by atoms with Gasteiger partial charge in [0.05, 0.1) is 6.34 Å². The molecule has 4 rings (SSSR count). The van der Waals surface area contributed by atoms with Gasteiger partial charge in [0.15, 0.2) is 6.17 Å². The van der Waals surface area contributed by atoms with Crippen molar-refractivity contribution in [3.8, 4) is 0 Å². The van der Waals surface area contributed by atoms with Crippen LogP contribution in [0.25, 0.3) is 0 Å². The van der Waals surface area contributed by atoms with E-state index < -0.39 is 0 Å². The van der Waals surface area contributed by atoms with Gasteiger partial charge in [-0.15, -0.1) is 0 Å². The third-order valence-corrected chi connectivity index (χ3v) is 6.76. The lowest BCUT2D eigenvalue weighted by atomic mass is 9.80. The summed E-state index contributed by atoms with van der Waals surface area (Å²) in [5, 5.41) is 3.99. The molecule has 0 saturated heterocycles. The monoisotopic (exact) mass is 363 g/mol. The third kappa shape index (κ3) is 3.71. The number of fused-ring (bicyclic) bond motifs is 1. The standard InChI is InChI=1S/C19H30ClN5/c1-12-6-8-14(9-7-12)10-25-11-21-17-16(25)18(24-19(20)23-17)22-13(2)15-4-3-5-15/h11-17H,3-10H2,1-2H3,(H,22,23,24)/t12?,13-,14?,16?,17?/m1/s1. The number of hydrogen-bond acceptors (Lipinski definition) is 5. The molecule has 0 radical (unpaired) electrons. The van der Waals surface area contributed by atoms with E-state index in [1.54, 1.807) is 0 Å². The summed E-state index contributed by atoms with van der Waals surface area (Å²) in [5.41, 5.74) is 0. The number of nitrogens with zero attached hydrogens (tertiary/aromatic N) is 4. The first-order valence-electron chi connectivity index (χ1n) is 9.97. The molecule has 6 heteroatoms. The summed E-state index contributed by atoms with van der Waals surface area (Å²) in [4.78, 5) is 16.0. The fourth-order valence-electron chi connectivity index (χ4n) is 4.56. The smallest absolute Gasteiger partial charge is 0.221 e. The van der Waals surface area contributed by atoms with Crippen LogP contribution >= 0.6 is 11.6 Å². The molecule has 2 heterocycles. The fraction of sp³-hybridized carbons (Fsp3) is 0.842. The number of aliphatic imine (C=N–C) groups is 3. The van der Waals surface area contributed by atoms with Crippen LogP contribution in [-0.2, 0) is 0 Å². The maximum absolute atomic E-state index is 6.17. The molecule has 5 nitrogen and oxygen atoms in total. The average molecular weight is 364 g/mol. The Morgan fingerprint density at radius 2 is 2.00 bits per heavy atom. The molecule has 25 heavy (non-hydrogen) atoms. The van der Waals surface area contributed by atoms with Crippen LogP contribution in [0.4, 0.5) is 0 Å². The molecule has 0 aromatic carbocycles. The molecule has 2 aliphatic heterocycles. The average Bonchev–Trinajstić information content (AvgIpc) is 2.90. The normalized spacial score (nSPS) is 36.4.